The van der Waals surface area contributed by atoms with Crippen LogP contribution in [0.15, 0.2) is 23.1 Å². The molecule has 0 aliphatic heterocycles. The van der Waals surface area contributed by atoms with Crippen LogP contribution in [0, 0.1) is 12.8 Å². The van der Waals surface area contributed by atoms with E-state index in [0.29, 0.717) is 11.7 Å². The number of methoxy groups -OCH3 is 1. The summed E-state index contributed by atoms with van der Waals surface area (Å²) in [6.45, 7) is 3.99. The molecule has 0 radical (unpaired) electrons. The van der Waals surface area contributed by atoms with Gasteiger partial charge in [0.2, 0.25) is 10.0 Å². The fraction of sp³-hybridized carbons (Fsp3) is 0.600. The van der Waals surface area contributed by atoms with Gasteiger partial charge >= 0.3 is 0 Å². The van der Waals surface area contributed by atoms with E-state index in [1.807, 2.05) is 13.0 Å². The quantitative estimate of drug-likeness (QED) is 0.929. The van der Waals surface area contributed by atoms with Crippen LogP contribution >= 0.6 is 0 Å². The lowest BCUT2D eigenvalue weighted by atomic mass is 9.87. The minimum absolute atomic E-state index is 0.0268. The summed E-state index contributed by atoms with van der Waals surface area (Å²) in [4.78, 5) is 0.234. The van der Waals surface area contributed by atoms with Crippen molar-refractivity contribution in [3.05, 3.63) is 23.8 Å². The van der Waals surface area contributed by atoms with Crippen molar-refractivity contribution in [2.24, 2.45) is 5.92 Å². The van der Waals surface area contributed by atoms with Gasteiger partial charge in [0.05, 0.1) is 7.11 Å². The van der Waals surface area contributed by atoms with Crippen molar-refractivity contribution >= 4 is 10.0 Å². The lowest BCUT2D eigenvalue weighted by Crippen LogP contribution is -2.41. The summed E-state index contributed by atoms with van der Waals surface area (Å²) in [7, 11) is -2.04. The van der Waals surface area contributed by atoms with Crippen LogP contribution < -0.4 is 9.46 Å². The number of ether oxygens (including phenoxy) is 1. The molecule has 0 unspecified atom stereocenters. The molecule has 0 amide bonds. The molecule has 0 spiro atoms. The summed E-state index contributed by atoms with van der Waals surface area (Å²) in [6.07, 6.45) is 4.27. The zero-order valence-electron chi connectivity index (χ0n) is 12.3. The van der Waals surface area contributed by atoms with Crippen LogP contribution in [0.5, 0.6) is 5.75 Å². The van der Waals surface area contributed by atoms with Crippen molar-refractivity contribution in [2.45, 2.75) is 50.5 Å². The second kappa shape index (κ2) is 6.14. The van der Waals surface area contributed by atoms with E-state index < -0.39 is 10.0 Å². The lowest BCUT2D eigenvalue weighted by Gasteiger charge is -2.29. The highest BCUT2D eigenvalue weighted by Gasteiger charge is 2.28. The molecular formula is C15H23NO3S. The molecule has 4 nitrogen and oxygen atoms in total. The Balaban J connectivity index is 2.28. The van der Waals surface area contributed by atoms with Gasteiger partial charge in [-0.15, -0.1) is 0 Å². The molecule has 1 aromatic carbocycles. The number of benzene rings is 1. The summed E-state index contributed by atoms with van der Waals surface area (Å²) in [6, 6.07) is 5.24. The van der Waals surface area contributed by atoms with Crippen LogP contribution in [-0.4, -0.2) is 21.6 Å². The Morgan fingerprint density at radius 3 is 2.60 bits per heavy atom. The summed E-state index contributed by atoms with van der Waals surface area (Å²) in [5.41, 5.74) is 0.905. The van der Waals surface area contributed by atoms with Crippen molar-refractivity contribution in [2.75, 3.05) is 7.11 Å². The maximum atomic E-state index is 12.6. The fourth-order valence-corrected chi connectivity index (χ4v) is 4.38. The minimum Gasteiger partial charge on any atom is -0.495 e. The highest BCUT2D eigenvalue weighted by Crippen LogP contribution is 2.28. The van der Waals surface area contributed by atoms with Crippen molar-refractivity contribution in [3.8, 4) is 5.75 Å². The average Bonchev–Trinajstić information content (AvgIpc) is 2.41. The van der Waals surface area contributed by atoms with E-state index >= 15 is 0 Å². The monoisotopic (exact) mass is 297 g/mol. The van der Waals surface area contributed by atoms with Crippen LogP contribution in [-0.2, 0) is 10.0 Å². The molecular weight excluding hydrogens is 274 g/mol. The van der Waals surface area contributed by atoms with E-state index in [1.165, 1.54) is 13.5 Å². The van der Waals surface area contributed by atoms with Gasteiger partial charge in [-0.2, -0.15) is 0 Å². The molecule has 2 atom stereocenters. The van der Waals surface area contributed by atoms with Crippen LogP contribution in [0.25, 0.3) is 0 Å². The average molecular weight is 297 g/mol. The van der Waals surface area contributed by atoms with E-state index in [0.717, 1.165) is 24.8 Å². The van der Waals surface area contributed by atoms with Crippen molar-refractivity contribution < 1.29 is 13.2 Å². The van der Waals surface area contributed by atoms with E-state index in [4.69, 9.17) is 4.74 Å². The molecule has 0 saturated heterocycles. The fourth-order valence-electron chi connectivity index (χ4n) is 2.75. The maximum Gasteiger partial charge on any atom is 0.244 e. The molecule has 1 aliphatic carbocycles. The van der Waals surface area contributed by atoms with Gasteiger partial charge in [0.15, 0.2) is 0 Å². The molecule has 1 aliphatic rings. The zero-order chi connectivity index (χ0) is 14.8. The van der Waals surface area contributed by atoms with Crippen molar-refractivity contribution in [1.82, 2.24) is 4.72 Å². The van der Waals surface area contributed by atoms with Gasteiger partial charge in [-0.25, -0.2) is 13.1 Å². The Kier molecular flexibility index (Phi) is 4.70. The molecule has 20 heavy (non-hydrogen) atoms. The molecule has 1 fully saturated rings. The highest BCUT2D eigenvalue weighted by atomic mass is 32.2. The summed E-state index contributed by atoms with van der Waals surface area (Å²) < 4.78 is 33.2. The summed E-state index contributed by atoms with van der Waals surface area (Å²) >= 11 is 0. The number of hydrogen-bond acceptors (Lipinski definition) is 3. The summed E-state index contributed by atoms with van der Waals surface area (Å²) in [5.74, 6) is 0.779. The number of aryl methyl sites for hydroxylation is 1. The highest BCUT2D eigenvalue weighted by molar-refractivity contribution is 7.89. The van der Waals surface area contributed by atoms with Gasteiger partial charge in [-0.1, -0.05) is 25.8 Å². The van der Waals surface area contributed by atoms with Gasteiger partial charge in [-0.3, -0.25) is 0 Å². The Bertz CT molecular complexity index is 568. The van der Waals surface area contributed by atoms with Crippen molar-refractivity contribution in [3.63, 3.8) is 0 Å². The maximum absolute atomic E-state index is 12.6. The van der Waals surface area contributed by atoms with Crippen LogP contribution in [0.2, 0.25) is 0 Å². The first-order valence-electron chi connectivity index (χ1n) is 7.11. The first-order valence-corrected chi connectivity index (χ1v) is 8.59. The second-order valence-corrected chi connectivity index (χ2v) is 7.33. The second-order valence-electron chi connectivity index (χ2n) is 5.64. The van der Waals surface area contributed by atoms with Gasteiger partial charge < -0.3 is 4.74 Å². The molecule has 0 aromatic heterocycles. The molecule has 1 N–H and O–H groups in total. The topological polar surface area (TPSA) is 55.4 Å². The standard InChI is InChI=1S/C15H23NO3S/c1-11-8-9-14(19-3)15(10-11)20(17,18)16-13-7-5-4-6-12(13)2/h8-10,12-13,16H,4-7H2,1-3H3/t12-,13+/m0/s1. The largest absolute Gasteiger partial charge is 0.495 e. The molecule has 0 bridgehead atoms. The predicted molar refractivity (Wildman–Crippen MR) is 79.5 cm³/mol. The Labute approximate surface area is 121 Å². The molecule has 5 heteroatoms. The Hall–Kier alpha value is -1.07. The molecule has 1 saturated carbocycles. The number of sulfonamides is 1. The van der Waals surface area contributed by atoms with E-state index in [1.54, 1.807) is 12.1 Å². The Morgan fingerprint density at radius 2 is 1.95 bits per heavy atom. The number of nitrogens with one attached hydrogen (secondary N) is 1. The first-order chi connectivity index (χ1) is 9.44. The third-order valence-electron chi connectivity index (χ3n) is 4.03. The van der Waals surface area contributed by atoms with Crippen LogP contribution in [0.1, 0.15) is 38.2 Å². The number of hydrogen-bond donors (Lipinski definition) is 1. The number of rotatable bonds is 4. The molecule has 2 rings (SSSR count). The molecule has 112 valence electrons. The summed E-state index contributed by atoms with van der Waals surface area (Å²) in [5, 5.41) is 0. The lowest BCUT2D eigenvalue weighted by molar-refractivity contribution is 0.310. The van der Waals surface area contributed by atoms with E-state index in [9.17, 15) is 8.42 Å². The predicted octanol–water partition coefficient (Wildman–Crippen LogP) is 2.86. The van der Waals surface area contributed by atoms with Crippen molar-refractivity contribution in [1.29, 1.82) is 0 Å². The van der Waals surface area contributed by atoms with Gasteiger partial charge in [0.25, 0.3) is 0 Å². The van der Waals surface area contributed by atoms with Gasteiger partial charge in [0.1, 0.15) is 10.6 Å². The SMILES string of the molecule is COc1ccc(C)cc1S(=O)(=O)N[C@@H]1CCCC[C@@H]1C. The molecule has 1 aromatic rings. The third-order valence-corrected chi connectivity index (χ3v) is 5.54. The zero-order valence-corrected chi connectivity index (χ0v) is 13.2. The molecule has 0 heterocycles. The minimum atomic E-state index is -3.53. The van der Waals surface area contributed by atoms with Gasteiger partial charge in [-0.05, 0) is 43.4 Å². The van der Waals surface area contributed by atoms with Crippen LogP contribution in [0.4, 0.5) is 0 Å². The van der Waals surface area contributed by atoms with Gasteiger partial charge in [0, 0.05) is 6.04 Å². The van der Waals surface area contributed by atoms with Crippen LogP contribution in [0.3, 0.4) is 0 Å². The van der Waals surface area contributed by atoms with E-state index in [2.05, 4.69) is 11.6 Å². The normalized spacial score (nSPS) is 23.6. The smallest absolute Gasteiger partial charge is 0.244 e. The first kappa shape index (κ1) is 15.3. The Morgan fingerprint density at radius 1 is 1.25 bits per heavy atom. The van der Waals surface area contributed by atoms with E-state index in [-0.39, 0.29) is 10.9 Å². The third kappa shape index (κ3) is 3.33.